The first-order valence-electron chi connectivity index (χ1n) is 6.36. The third kappa shape index (κ3) is 3.78. The minimum atomic E-state index is 0.456. The minimum Gasteiger partial charge on any atom is -0.381 e. The Morgan fingerprint density at radius 1 is 1.65 bits per heavy atom. The van der Waals surface area contributed by atoms with E-state index in [2.05, 4.69) is 39.6 Å². The molecule has 1 aliphatic heterocycles. The Morgan fingerprint density at radius 3 is 3.12 bits per heavy atom. The second kappa shape index (κ2) is 6.88. The largest absolute Gasteiger partial charge is 0.381 e. The Labute approximate surface area is 116 Å². The Hall–Kier alpha value is 0.1000. The summed E-state index contributed by atoms with van der Waals surface area (Å²) in [5.74, 6) is 0.622. The van der Waals surface area contributed by atoms with Crippen molar-refractivity contribution in [3.05, 3.63) is 20.8 Å². The Bertz CT molecular complexity index is 336. The average molecular weight is 318 g/mol. The molecule has 17 heavy (non-hydrogen) atoms. The van der Waals surface area contributed by atoms with Gasteiger partial charge in [-0.15, -0.1) is 11.3 Å². The van der Waals surface area contributed by atoms with Crippen LogP contribution in [0.25, 0.3) is 0 Å². The first-order chi connectivity index (χ1) is 8.31. The molecule has 2 nitrogen and oxygen atoms in total. The summed E-state index contributed by atoms with van der Waals surface area (Å²) in [6.45, 7) is 5.12. The summed E-state index contributed by atoms with van der Waals surface area (Å²) < 4.78 is 6.84. The molecule has 1 aromatic heterocycles. The Morgan fingerprint density at radius 2 is 2.53 bits per heavy atom. The fourth-order valence-electron chi connectivity index (χ4n) is 2.37. The predicted octanol–water partition coefficient (Wildman–Crippen LogP) is 3.98. The molecule has 2 rings (SSSR count). The van der Waals surface area contributed by atoms with Crippen molar-refractivity contribution in [3.8, 4) is 0 Å². The number of rotatable bonds is 5. The van der Waals surface area contributed by atoms with Gasteiger partial charge in [-0.3, -0.25) is 0 Å². The van der Waals surface area contributed by atoms with Crippen molar-refractivity contribution >= 4 is 27.3 Å². The topological polar surface area (TPSA) is 21.3 Å². The van der Waals surface area contributed by atoms with Gasteiger partial charge in [0.1, 0.15) is 0 Å². The molecule has 1 aliphatic rings. The summed E-state index contributed by atoms with van der Waals surface area (Å²) in [5, 5.41) is 5.93. The van der Waals surface area contributed by atoms with E-state index in [4.69, 9.17) is 4.74 Å². The fraction of sp³-hybridized carbons (Fsp3) is 0.692. The lowest BCUT2D eigenvalue weighted by atomic mass is 9.90. The Kier molecular flexibility index (Phi) is 5.48. The lowest BCUT2D eigenvalue weighted by molar-refractivity contribution is 0.0391. The molecule has 0 aromatic carbocycles. The maximum Gasteiger partial charge on any atom is 0.0701 e. The van der Waals surface area contributed by atoms with E-state index in [1.54, 1.807) is 11.3 Å². The van der Waals surface area contributed by atoms with E-state index in [-0.39, 0.29) is 0 Å². The highest BCUT2D eigenvalue weighted by molar-refractivity contribution is 9.11. The van der Waals surface area contributed by atoms with Crippen LogP contribution in [0.3, 0.4) is 0 Å². The van der Waals surface area contributed by atoms with Crippen LogP contribution in [-0.2, 0) is 4.74 Å². The molecule has 4 heteroatoms. The summed E-state index contributed by atoms with van der Waals surface area (Å²) in [7, 11) is 0. The normalized spacial score (nSPS) is 22.6. The molecule has 0 amide bonds. The van der Waals surface area contributed by atoms with Crippen molar-refractivity contribution in [1.82, 2.24) is 5.32 Å². The molecule has 0 spiro atoms. The van der Waals surface area contributed by atoms with Gasteiger partial charge in [-0.25, -0.2) is 0 Å². The van der Waals surface area contributed by atoms with Crippen LogP contribution >= 0.6 is 27.3 Å². The van der Waals surface area contributed by atoms with Crippen molar-refractivity contribution in [2.75, 3.05) is 19.8 Å². The van der Waals surface area contributed by atoms with E-state index in [9.17, 15) is 0 Å². The van der Waals surface area contributed by atoms with Crippen LogP contribution in [0.5, 0.6) is 0 Å². The maximum absolute atomic E-state index is 5.62. The summed E-state index contributed by atoms with van der Waals surface area (Å²) in [6.07, 6.45) is 3.64. The van der Waals surface area contributed by atoms with Gasteiger partial charge in [0.05, 0.1) is 10.4 Å². The summed E-state index contributed by atoms with van der Waals surface area (Å²) >= 11 is 5.32. The second-order valence-corrected chi connectivity index (χ2v) is 6.88. The number of hydrogen-bond donors (Lipinski definition) is 1. The molecular weight excluding hydrogens is 298 g/mol. The molecule has 2 unspecified atom stereocenters. The molecule has 1 fully saturated rings. The van der Waals surface area contributed by atoms with Crippen LogP contribution in [0.15, 0.2) is 15.2 Å². The predicted molar refractivity (Wildman–Crippen MR) is 76.6 cm³/mol. The smallest absolute Gasteiger partial charge is 0.0701 e. The second-order valence-electron chi connectivity index (χ2n) is 4.59. The molecule has 96 valence electrons. The van der Waals surface area contributed by atoms with Crippen LogP contribution in [0.1, 0.15) is 37.8 Å². The highest BCUT2D eigenvalue weighted by atomic mass is 79.9. The van der Waals surface area contributed by atoms with E-state index in [1.165, 1.54) is 28.6 Å². The highest BCUT2D eigenvalue weighted by Gasteiger charge is 2.25. The molecule has 2 heterocycles. The molecule has 0 aliphatic carbocycles. The van der Waals surface area contributed by atoms with E-state index >= 15 is 0 Å². The zero-order valence-electron chi connectivity index (χ0n) is 10.2. The van der Waals surface area contributed by atoms with Crippen molar-refractivity contribution in [1.29, 1.82) is 0 Å². The van der Waals surface area contributed by atoms with E-state index in [1.807, 2.05) is 0 Å². The lowest BCUT2D eigenvalue weighted by Crippen LogP contribution is -2.33. The maximum atomic E-state index is 5.62. The van der Waals surface area contributed by atoms with E-state index in [0.29, 0.717) is 12.0 Å². The first kappa shape index (κ1) is 13.5. The van der Waals surface area contributed by atoms with Crippen LogP contribution in [0.2, 0.25) is 0 Å². The van der Waals surface area contributed by atoms with Gasteiger partial charge in [-0.05, 0) is 58.7 Å². The number of nitrogens with one attached hydrogen (secondary N) is 1. The molecule has 0 saturated carbocycles. The Balaban J connectivity index is 2.06. The van der Waals surface area contributed by atoms with Gasteiger partial charge >= 0.3 is 0 Å². The van der Waals surface area contributed by atoms with Crippen molar-refractivity contribution < 1.29 is 4.74 Å². The zero-order chi connectivity index (χ0) is 12.1. The van der Waals surface area contributed by atoms with Crippen molar-refractivity contribution in [2.24, 2.45) is 5.92 Å². The van der Waals surface area contributed by atoms with Crippen LogP contribution in [-0.4, -0.2) is 19.8 Å². The summed E-state index contributed by atoms with van der Waals surface area (Å²) in [4.78, 5) is 0. The standard InChI is InChI=1S/C13H20BrNOS/c1-2-5-15-13(10-4-3-6-16-8-10)11-7-12(14)17-9-11/h7,9-10,13,15H,2-6,8H2,1H3. The molecule has 1 saturated heterocycles. The van der Waals surface area contributed by atoms with Gasteiger partial charge in [0.25, 0.3) is 0 Å². The third-order valence-corrected chi connectivity index (χ3v) is 4.75. The van der Waals surface area contributed by atoms with Gasteiger partial charge in [-0.1, -0.05) is 6.92 Å². The van der Waals surface area contributed by atoms with Crippen LogP contribution in [0.4, 0.5) is 0 Å². The molecule has 0 radical (unpaired) electrons. The van der Waals surface area contributed by atoms with Gasteiger partial charge in [0.2, 0.25) is 0 Å². The van der Waals surface area contributed by atoms with E-state index in [0.717, 1.165) is 19.8 Å². The number of hydrogen-bond acceptors (Lipinski definition) is 3. The van der Waals surface area contributed by atoms with Crippen LogP contribution < -0.4 is 5.32 Å². The number of halogens is 1. The monoisotopic (exact) mass is 317 g/mol. The zero-order valence-corrected chi connectivity index (χ0v) is 12.6. The quantitative estimate of drug-likeness (QED) is 0.887. The van der Waals surface area contributed by atoms with Crippen molar-refractivity contribution in [2.45, 2.75) is 32.2 Å². The van der Waals surface area contributed by atoms with Gasteiger partial charge in [0.15, 0.2) is 0 Å². The fourth-order valence-corrected chi connectivity index (χ4v) is 3.58. The highest BCUT2D eigenvalue weighted by Crippen LogP contribution is 2.33. The average Bonchev–Trinajstić information content (AvgIpc) is 2.78. The molecule has 0 bridgehead atoms. The van der Waals surface area contributed by atoms with Crippen molar-refractivity contribution in [3.63, 3.8) is 0 Å². The number of thiophene rings is 1. The third-order valence-electron chi connectivity index (χ3n) is 3.23. The minimum absolute atomic E-state index is 0.456. The SMILES string of the molecule is CCCNC(c1csc(Br)c1)C1CCCOC1. The summed E-state index contributed by atoms with van der Waals surface area (Å²) in [6, 6.07) is 2.70. The summed E-state index contributed by atoms with van der Waals surface area (Å²) in [5.41, 5.74) is 1.41. The lowest BCUT2D eigenvalue weighted by Gasteiger charge is -2.30. The van der Waals surface area contributed by atoms with E-state index < -0.39 is 0 Å². The van der Waals surface area contributed by atoms with Gasteiger partial charge in [0, 0.05) is 18.6 Å². The van der Waals surface area contributed by atoms with Crippen LogP contribution in [0, 0.1) is 5.92 Å². The molecule has 1 N–H and O–H groups in total. The van der Waals surface area contributed by atoms with Gasteiger partial charge < -0.3 is 10.1 Å². The van der Waals surface area contributed by atoms with Gasteiger partial charge in [-0.2, -0.15) is 0 Å². The molecule has 2 atom stereocenters. The number of ether oxygens (including phenoxy) is 1. The first-order valence-corrected chi connectivity index (χ1v) is 8.03. The molecule has 1 aromatic rings. The molecular formula is C13H20BrNOS.